The molecule has 6 rings (SSSR count). The van der Waals surface area contributed by atoms with Crippen molar-refractivity contribution < 1.29 is 19.1 Å². The molecule has 0 saturated carbocycles. The minimum atomic E-state index is -0.605. The highest BCUT2D eigenvalue weighted by atomic mass is 16.7. The van der Waals surface area contributed by atoms with Gasteiger partial charge in [-0.3, -0.25) is 9.59 Å². The third-order valence-corrected chi connectivity index (χ3v) is 6.42. The fourth-order valence-corrected chi connectivity index (χ4v) is 4.82. The van der Waals surface area contributed by atoms with Gasteiger partial charge in [-0.1, -0.05) is 24.3 Å². The summed E-state index contributed by atoms with van der Waals surface area (Å²) in [4.78, 5) is 31.8. The molecule has 1 aromatic heterocycles. The number of aromatic nitrogens is 1. The average molecular weight is 439 g/mol. The van der Waals surface area contributed by atoms with Crippen molar-refractivity contribution in [3.05, 3.63) is 89.6 Å². The van der Waals surface area contributed by atoms with Crippen LogP contribution in [0.3, 0.4) is 0 Å². The number of fused-ring (bicyclic) bond motifs is 3. The Morgan fingerprint density at radius 3 is 2.79 bits per heavy atom. The Hall–Kier alpha value is -4.26. The van der Waals surface area contributed by atoms with Crippen LogP contribution in [0, 0.1) is 0 Å². The lowest BCUT2D eigenvalue weighted by atomic mass is 9.79. The van der Waals surface area contributed by atoms with Crippen molar-refractivity contribution in [3.8, 4) is 11.5 Å². The van der Waals surface area contributed by atoms with Crippen molar-refractivity contribution in [2.75, 3.05) is 19.2 Å². The first-order valence-corrected chi connectivity index (χ1v) is 10.7. The van der Waals surface area contributed by atoms with Crippen LogP contribution in [0.1, 0.15) is 33.4 Å². The Kier molecular flexibility index (Phi) is 4.36. The van der Waals surface area contributed by atoms with E-state index in [0.29, 0.717) is 28.3 Å². The molecular weight excluding hydrogens is 418 g/mol. The maximum atomic E-state index is 13.8. The third-order valence-electron chi connectivity index (χ3n) is 6.42. The Labute approximate surface area is 189 Å². The number of nitrogens with zero attached hydrogens (tertiary/aromatic N) is 1. The summed E-state index contributed by atoms with van der Waals surface area (Å²) >= 11 is 0. The number of aromatic amines is 1. The second-order valence-electron chi connectivity index (χ2n) is 8.31. The number of H-pyrrole nitrogens is 1. The Morgan fingerprint density at radius 1 is 1.03 bits per heavy atom. The van der Waals surface area contributed by atoms with Crippen LogP contribution in [0.25, 0.3) is 10.9 Å². The molecule has 3 heterocycles. The highest BCUT2D eigenvalue weighted by Crippen LogP contribution is 2.45. The van der Waals surface area contributed by atoms with E-state index in [1.807, 2.05) is 66.9 Å². The topological polar surface area (TPSA) is 83.7 Å². The number of carbonyl (C=O) groups is 2. The van der Waals surface area contributed by atoms with Gasteiger partial charge in [0, 0.05) is 35.4 Å². The van der Waals surface area contributed by atoms with Gasteiger partial charge in [-0.05, 0) is 53.6 Å². The summed E-state index contributed by atoms with van der Waals surface area (Å²) in [7, 11) is 1.74. The molecule has 0 spiro atoms. The van der Waals surface area contributed by atoms with Crippen molar-refractivity contribution >= 4 is 28.4 Å². The van der Waals surface area contributed by atoms with E-state index in [1.165, 1.54) is 0 Å². The number of benzene rings is 3. The molecule has 33 heavy (non-hydrogen) atoms. The van der Waals surface area contributed by atoms with Gasteiger partial charge in [0.25, 0.3) is 5.91 Å². The molecule has 164 valence electrons. The molecule has 2 atom stereocenters. The third kappa shape index (κ3) is 3.12. The standard InChI is InChI=1S/C26H21N3O4/c1-29-24(16-6-9-21-22(13-16)33-14-32-21)23(18-4-2-3-5-19(18)26(29)31)25(30)28-17-7-8-20-15(12-17)10-11-27-20/h2-13,23-24,27H,14H2,1H3,(H,28,30)/t23-,24-/m0/s1. The van der Waals surface area contributed by atoms with Crippen molar-refractivity contribution in [1.29, 1.82) is 0 Å². The Bertz CT molecular complexity index is 1410. The zero-order chi connectivity index (χ0) is 22.5. The summed E-state index contributed by atoms with van der Waals surface area (Å²) in [5.41, 5.74) is 3.76. The number of anilines is 1. The SMILES string of the molecule is CN1C(=O)c2ccccc2[C@H](C(=O)Nc2ccc3[nH]ccc3c2)[C@@H]1c1ccc2c(c1)OCO2. The molecule has 2 N–H and O–H groups in total. The predicted octanol–water partition coefficient (Wildman–Crippen LogP) is 4.45. The summed E-state index contributed by atoms with van der Waals surface area (Å²) in [5, 5.41) is 4.09. The van der Waals surface area contributed by atoms with Crippen LogP contribution in [0.2, 0.25) is 0 Å². The predicted molar refractivity (Wildman–Crippen MR) is 124 cm³/mol. The van der Waals surface area contributed by atoms with E-state index < -0.39 is 12.0 Å². The van der Waals surface area contributed by atoms with Gasteiger partial charge in [0.2, 0.25) is 12.7 Å². The molecule has 2 aliphatic heterocycles. The quantitative estimate of drug-likeness (QED) is 0.494. The highest BCUT2D eigenvalue weighted by molar-refractivity contribution is 6.04. The second-order valence-corrected chi connectivity index (χ2v) is 8.31. The van der Waals surface area contributed by atoms with Gasteiger partial charge in [-0.2, -0.15) is 0 Å². The normalized spacial score (nSPS) is 18.9. The van der Waals surface area contributed by atoms with E-state index in [1.54, 1.807) is 18.0 Å². The van der Waals surface area contributed by atoms with E-state index in [0.717, 1.165) is 16.5 Å². The number of nitrogens with one attached hydrogen (secondary N) is 2. The molecule has 2 aliphatic rings. The maximum absolute atomic E-state index is 13.8. The van der Waals surface area contributed by atoms with Crippen molar-refractivity contribution in [2.45, 2.75) is 12.0 Å². The largest absolute Gasteiger partial charge is 0.454 e. The molecule has 0 unspecified atom stereocenters. The number of hydrogen-bond donors (Lipinski definition) is 2. The van der Waals surface area contributed by atoms with Gasteiger partial charge in [-0.25, -0.2) is 0 Å². The van der Waals surface area contributed by atoms with Crippen LogP contribution in [-0.4, -0.2) is 35.5 Å². The summed E-state index contributed by atoms with van der Waals surface area (Å²) < 4.78 is 11.0. The Morgan fingerprint density at radius 2 is 1.88 bits per heavy atom. The van der Waals surface area contributed by atoms with Gasteiger partial charge in [0.15, 0.2) is 11.5 Å². The number of rotatable bonds is 3. The Balaban J connectivity index is 1.44. The van der Waals surface area contributed by atoms with Crippen molar-refractivity contribution in [1.82, 2.24) is 9.88 Å². The van der Waals surface area contributed by atoms with Crippen LogP contribution in [0.15, 0.2) is 72.9 Å². The monoisotopic (exact) mass is 439 g/mol. The zero-order valence-electron chi connectivity index (χ0n) is 17.9. The first-order chi connectivity index (χ1) is 16.1. The lowest BCUT2D eigenvalue weighted by molar-refractivity contribution is -0.119. The summed E-state index contributed by atoms with van der Waals surface area (Å²) in [5.74, 6) is 0.366. The molecule has 0 radical (unpaired) electrons. The molecule has 7 heteroatoms. The van der Waals surface area contributed by atoms with Gasteiger partial charge >= 0.3 is 0 Å². The van der Waals surface area contributed by atoms with Crippen LogP contribution >= 0.6 is 0 Å². The summed E-state index contributed by atoms with van der Waals surface area (Å²) in [6, 6.07) is 20.1. The maximum Gasteiger partial charge on any atom is 0.254 e. The number of amides is 2. The average Bonchev–Trinajstić information content (AvgIpc) is 3.49. The first-order valence-electron chi connectivity index (χ1n) is 10.7. The number of hydrogen-bond acceptors (Lipinski definition) is 4. The highest BCUT2D eigenvalue weighted by Gasteiger charge is 2.43. The van der Waals surface area contributed by atoms with Gasteiger partial charge < -0.3 is 24.7 Å². The van der Waals surface area contributed by atoms with E-state index >= 15 is 0 Å². The van der Waals surface area contributed by atoms with Crippen LogP contribution in [-0.2, 0) is 4.79 Å². The molecule has 3 aromatic carbocycles. The summed E-state index contributed by atoms with van der Waals surface area (Å²) in [6.07, 6.45) is 1.86. The molecule has 0 aliphatic carbocycles. The fraction of sp³-hybridized carbons (Fsp3) is 0.154. The molecule has 2 amide bonds. The minimum Gasteiger partial charge on any atom is -0.454 e. The minimum absolute atomic E-state index is 0.119. The first kappa shape index (κ1) is 19.4. The second kappa shape index (κ2) is 7.41. The number of likely N-dealkylation sites (N-methyl/N-ethyl adjacent to an activating group) is 1. The molecule has 7 nitrogen and oxygen atoms in total. The van der Waals surface area contributed by atoms with E-state index in [-0.39, 0.29) is 18.6 Å². The molecule has 0 fully saturated rings. The zero-order valence-corrected chi connectivity index (χ0v) is 17.9. The van der Waals surface area contributed by atoms with E-state index in [2.05, 4.69) is 10.3 Å². The van der Waals surface area contributed by atoms with Gasteiger partial charge in [0.1, 0.15) is 0 Å². The lowest BCUT2D eigenvalue weighted by Crippen LogP contribution is -2.44. The van der Waals surface area contributed by atoms with Crippen molar-refractivity contribution in [3.63, 3.8) is 0 Å². The molecule has 4 aromatic rings. The summed E-state index contributed by atoms with van der Waals surface area (Å²) in [6.45, 7) is 0.159. The van der Waals surface area contributed by atoms with E-state index in [4.69, 9.17) is 9.47 Å². The number of ether oxygens (including phenoxy) is 2. The van der Waals surface area contributed by atoms with Crippen LogP contribution < -0.4 is 14.8 Å². The smallest absolute Gasteiger partial charge is 0.254 e. The molecule has 0 bridgehead atoms. The lowest BCUT2D eigenvalue weighted by Gasteiger charge is -2.39. The van der Waals surface area contributed by atoms with Gasteiger partial charge in [-0.15, -0.1) is 0 Å². The van der Waals surface area contributed by atoms with E-state index in [9.17, 15) is 9.59 Å². The number of carbonyl (C=O) groups excluding carboxylic acids is 2. The van der Waals surface area contributed by atoms with Gasteiger partial charge in [0.05, 0.1) is 12.0 Å². The van der Waals surface area contributed by atoms with Crippen molar-refractivity contribution in [2.24, 2.45) is 0 Å². The fourth-order valence-electron chi connectivity index (χ4n) is 4.82. The van der Waals surface area contributed by atoms with Crippen LogP contribution in [0.5, 0.6) is 11.5 Å². The van der Waals surface area contributed by atoms with Crippen LogP contribution in [0.4, 0.5) is 5.69 Å². The molecular formula is C26H21N3O4. The molecule has 0 saturated heterocycles.